The zero-order valence-corrected chi connectivity index (χ0v) is 28.8. The van der Waals surface area contributed by atoms with Gasteiger partial charge in [-0.1, -0.05) is 92.7 Å². The number of hydrogen-bond acceptors (Lipinski definition) is 7. The number of aliphatic hydroxyl groups is 2. The summed E-state index contributed by atoms with van der Waals surface area (Å²) in [5.74, 6) is -0.725. The number of hydrogen-bond donors (Lipinski definition) is 4. The number of aliphatic hydroxyl groups excluding tert-OH is 2. The number of amides is 2. The third-order valence-electron chi connectivity index (χ3n) is 8.31. The third-order valence-corrected chi connectivity index (χ3v) is 10.3. The van der Waals surface area contributed by atoms with Crippen LogP contribution in [0.25, 0.3) is 0 Å². The molecule has 11 heteroatoms. The van der Waals surface area contributed by atoms with Gasteiger partial charge in [0.1, 0.15) is 6.04 Å². The van der Waals surface area contributed by atoms with Crippen molar-refractivity contribution in [1.82, 2.24) is 14.9 Å². The van der Waals surface area contributed by atoms with Gasteiger partial charge in [0.2, 0.25) is 15.9 Å². The van der Waals surface area contributed by atoms with Gasteiger partial charge >= 0.3 is 6.09 Å². The van der Waals surface area contributed by atoms with Gasteiger partial charge in [-0.15, -0.1) is 6.58 Å². The van der Waals surface area contributed by atoms with Crippen molar-refractivity contribution in [3.05, 3.63) is 114 Å². The minimum atomic E-state index is -3.95. The SMILES string of the molecule is C=C[C@@H](CCC[C@@H](CO)N(CCC(C)C)S(=O)(=O)c1ccc(CO)cc1)NC(=O)[C@@H](NC(=O)OC)C(c1ccccc1)c1ccccc1. The predicted octanol–water partition coefficient (Wildman–Crippen LogP) is 4.97. The molecule has 0 radical (unpaired) electrons. The Hall–Kier alpha value is -4.03. The molecule has 0 spiro atoms. The lowest BCUT2D eigenvalue weighted by Crippen LogP contribution is -2.52. The molecule has 0 heterocycles. The minimum Gasteiger partial charge on any atom is -0.453 e. The fourth-order valence-corrected chi connectivity index (χ4v) is 7.25. The molecule has 0 aliphatic carbocycles. The maximum Gasteiger partial charge on any atom is 0.407 e. The second-order valence-electron chi connectivity index (χ2n) is 12.1. The molecule has 0 aliphatic rings. The Kier molecular flexibility index (Phi) is 15.3. The highest BCUT2D eigenvalue weighted by Crippen LogP contribution is 2.29. The first-order chi connectivity index (χ1) is 23.0. The van der Waals surface area contributed by atoms with Crippen molar-refractivity contribution in [2.24, 2.45) is 5.92 Å². The highest BCUT2D eigenvalue weighted by molar-refractivity contribution is 7.89. The van der Waals surface area contributed by atoms with E-state index in [1.165, 1.54) is 23.5 Å². The van der Waals surface area contributed by atoms with Crippen LogP contribution in [0.15, 0.2) is 102 Å². The second kappa shape index (κ2) is 19.1. The molecule has 0 aliphatic heterocycles. The lowest BCUT2D eigenvalue weighted by Gasteiger charge is -2.31. The van der Waals surface area contributed by atoms with E-state index in [4.69, 9.17) is 4.74 Å². The smallest absolute Gasteiger partial charge is 0.407 e. The number of benzene rings is 3. The van der Waals surface area contributed by atoms with Gasteiger partial charge in [-0.2, -0.15) is 4.31 Å². The van der Waals surface area contributed by atoms with Crippen LogP contribution in [-0.4, -0.2) is 73.3 Å². The Morgan fingerprint density at radius 1 is 0.875 bits per heavy atom. The van der Waals surface area contributed by atoms with Crippen molar-refractivity contribution in [2.45, 2.75) is 75.1 Å². The number of alkyl carbamates (subject to hydrolysis) is 1. The van der Waals surface area contributed by atoms with E-state index < -0.39 is 46.1 Å². The maximum absolute atomic E-state index is 13.9. The third kappa shape index (κ3) is 10.7. The average molecular weight is 680 g/mol. The molecule has 260 valence electrons. The Labute approximate surface area is 284 Å². The lowest BCUT2D eigenvalue weighted by molar-refractivity contribution is -0.123. The molecule has 0 aromatic heterocycles. The van der Waals surface area contributed by atoms with E-state index in [0.717, 1.165) is 11.1 Å². The Balaban J connectivity index is 1.79. The van der Waals surface area contributed by atoms with Crippen LogP contribution in [0, 0.1) is 5.92 Å². The molecular formula is C37H49N3O7S. The molecule has 0 saturated carbocycles. The van der Waals surface area contributed by atoms with Crippen LogP contribution in [0.1, 0.15) is 62.1 Å². The highest BCUT2D eigenvalue weighted by Gasteiger charge is 2.34. The van der Waals surface area contributed by atoms with Crippen molar-refractivity contribution < 1.29 is 33.0 Å². The van der Waals surface area contributed by atoms with Crippen molar-refractivity contribution >= 4 is 22.0 Å². The van der Waals surface area contributed by atoms with E-state index in [2.05, 4.69) is 17.2 Å². The summed E-state index contributed by atoms with van der Waals surface area (Å²) in [6, 6.07) is 22.7. The van der Waals surface area contributed by atoms with Crippen molar-refractivity contribution in [1.29, 1.82) is 0 Å². The van der Waals surface area contributed by atoms with Gasteiger partial charge in [0.15, 0.2) is 0 Å². The van der Waals surface area contributed by atoms with Crippen molar-refractivity contribution in [3.8, 4) is 0 Å². The molecule has 3 atom stereocenters. The predicted molar refractivity (Wildman–Crippen MR) is 187 cm³/mol. The number of sulfonamides is 1. The highest BCUT2D eigenvalue weighted by atomic mass is 32.2. The van der Waals surface area contributed by atoms with Gasteiger partial charge in [-0.3, -0.25) is 4.79 Å². The summed E-state index contributed by atoms with van der Waals surface area (Å²) in [5, 5.41) is 25.5. The maximum atomic E-state index is 13.9. The van der Waals surface area contributed by atoms with E-state index in [1.54, 1.807) is 18.2 Å². The van der Waals surface area contributed by atoms with Crippen molar-refractivity contribution in [3.63, 3.8) is 0 Å². The lowest BCUT2D eigenvalue weighted by atomic mass is 9.84. The zero-order chi connectivity index (χ0) is 35.1. The van der Waals surface area contributed by atoms with E-state index in [0.29, 0.717) is 31.2 Å². The average Bonchev–Trinajstić information content (AvgIpc) is 3.10. The molecule has 48 heavy (non-hydrogen) atoms. The number of carbonyl (C=O) groups is 2. The molecule has 0 bridgehead atoms. The van der Waals surface area contributed by atoms with Crippen LogP contribution in [0.3, 0.4) is 0 Å². The number of nitrogens with zero attached hydrogens (tertiary/aromatic N) is 1. The Morgan fingerprint density at radius 2 is 1.46 bits per heavy atom. The summed E-state index contributed by atoms with van der Waals surface area (Å²) in [5.41, 5.74) is 2.26. The van der Waals surface area contributed by atoms with Crippen LogP contribution in [0.5, 0.6) is 0 Å². The van der Waals surface area contributed by atoms with Crippen LogP contribution in [-0.2, 0) is 26.2 Å². The number of methoxy groups -OCH3 is 1. The number of carbonyl (C=O) groups excluding carboxylic acids is 2. The number of nitrogens with one attached hydrogen (secondary N) is 2. The van der Waals surface area contributed by atoms with Gasteiger partial charge in [-0.05, 0) is 60.4 Å². The van der Waals surface area contributed by atoms with E-state index >= 15 is 0 Å². The summed E-state index contributed by atoms with van der Waals surface area (Å²) >= 11 is 0. The first-order valence-corrected chi connectivity index (χ1v) is 17.7. The molecule has 0 saturated heterocycles. The van der Waals surface area contributed by atoms with E-state index in [9.17, 15) is 28.2 Å². The summed E-state index contributed by atoms with van der Waals surface area (Å²) in [4.78, 5) is 26.5. The van der Waals surface area contributed by atoms with Crippen LogP contribution >= 0.6 is 0 Å². The van der Waals surface area contributed by atoms with Crippen molar-refractivity contribution in [2.75, 3.05) is 20.3 Å². The van der Waals surface area contributed by atoms with Gasteiger partial charge in [0.05, 0.1) is 25.2 Å². The molecule has 0 unspecified atom stereocenters. The van der Waals surface area contributed by atoms with Gasteiger partial charge < -0.3 is 25.6 Å². The summed E-state index contributed by atoms with van der Waals surface area (Å²) in [6.45, 7) is 7.58. The van der Waals surface area contributed by atoms with Crippen LogP contribution < -0.4 is 10.6 Å². The number of rotatable bonds is 19. The van der Waals surface area contributed by atoms with Gasteiger partial charge in [0, 0.05) is 24.5 Å². The molecule has 0 fully saturated rings. The molecule has 3 aromatic carbocycles. The largest absolute Gasteiger partial charge is 0.453 e. The molecule has 3 aromatic rings. The summed E-state index contributed by atoms with van der Waals surface area (Å²) < 4.78 is 33.8. The quantitative estimate of drug-likeness (QED) is 0.131. The monoisotopic (exact) mass is 679 g/mol. The minimum absolute atomic E-state index is 0.0914. The Bertz CT molecular complexity index is 1490. The fraction of sp³-hybridized carbons (Fsp3) is 0.405. The summed E-state index contributed by atoms with van der Waals surface area (Å²) in [6.07, 6.45) is 2.69. The van der Waals surface area contributed by atoms with E-state index in [-0.39, 0.29) is 30.6 Å². The normalized spacial score (nSPS) is 13.6. The zero-order valence-electron chi connectivity index (χ0n) is 28.0. The molecule has 2 amide bonds. The first-order valence-electron chi connectivity index (χ1n) is 16.2. The molecule has 4 N–H and O–H groups in total. The molecule has 10 nitrogen and oxygen atoms in total. The van der Waals surface area contributed by atoms with E-state index in [1.807, 2.05) is 74.5 Å². The van der Waals surface area contributed by atoms with Crippen LogP contribution in [0.2, 0.25) is 0 Å². The molecule has 3 rings (SSSR count). The fourth-order valence-electron chi connectivity index (χ4n) is 5.59. The number of ether oxygens (including phenoxy) is 1. The topological polar surface area (TPSA) is 145 Å². The molecular weight excluding hydrogens is 630 g/mol. The second-order valence-corrected chi connectivity index (χ2v) is 14.0. The first kappa shape index (κ1) is 38.4. The van der Waals surface area contributed by atoms with Gasteiger partial charge in [0.25, 0.3) is 0 Å². The Morgan fingerprint density at radius 3 is 1.94 bits per heavy atom. The standard InChI is InChI=1S/C37H49N3O7S/c1-5-31(17-12-18-32(26-42)40(24-23-27(2)3)48(45,46)33-21-19-28(25-41)20-22-33)38-36(43)35(39-37(44)47-4)34(29-13-8-6-9-14-29)30-15-10-7-11-16-30/h5-11,13-16,19-22,27,31-32,34-35,41-42H,1,12,17-18,23-26H2,2-4H3,(H,38,43)(H,39,44)/t31-,32-,35-/m0/s1. The summed E-state index contributed by atoms with van der Waals surface area (Å²) in [7, 11) is -2.71. The van der Waals surface area contributed by atoms with Crippen LogP contribution in [0.4, 0.5) is 4.79 Å². The van der Waals surface area contributed by atoms with Gasteiger partial charge in [-0.25, -0.2) is 13.2 Å².